The second kappa shape index (κ2) is 13.0. The highest BCUT2D eigenvalue weighted by molar-refractivity contribution is 6.33. The van der Waals surface area contributed by atoms with Crippen molar-refractivity contribution in [1.82, 2.24) is 24.1 Å². The van der Waals surface area contributed by atoms with Crippen LogP contribution in [-0.2, 0) is 38.2 Å². The Morgan fingerprint density at radius 1 is 1.18 bits per heavy atom. The van der Waals surface area contributed by atoms with Gasteiger partial charge in [-0.15, -0.1) is 5.10 Å². The number of alkyl halides is 3. The lowest BCUT2D eigenvalue weighted by Crippen LogP contribution is -2.51. The van der Waals surface area contributed by atoms with Crippen LogP contribution in [0.4, 0.5) is 24.5 Å². The number of rotatable bonds is 8. The molecule has 44 heavy (non-hydrogen) atoms. The van der Waals surface area contributed by atoms with Crippen LogP contribution in [0.3, 0.4) is 0 Å². The van der Waals surface area contributed by atoms with Crippen molar-refractivity contribution in [3.63, 3.8) is 0 Å². The maximum Gasteiger partial charge on any atom is 0.416 e. The molecule has 1 fully saturated rings. The highest BCUT2D eigenvalue weighted by Gasteiger charge is 2.32. The number of carbonyl (C=O) groups excluding carboxylic acids is 2. The first-order valence-corrected chi connectivity index (χ1v) is 14.4. The zero-order valence-corrected chi connectivity index (χ0v) is 24.9. The van der Waals surface area contributed by atoms with Gasteiger partial charge in [-0.3, -0.25) is 14.4 Å². The molecule has 1 aromatic carbocycles. The fourth-order valence-electron chi connectivity index (χ4n) is 5.32. The lowest BCUT2D eigenvalue weighted by molar-refractivity contribution is -0.137. The number of benzene rings is 1. The molecule has 3 aromatic rings. The van der Waals surface area contributed by atoms with E-state index in [2.05, 4.69) is 15.4 Å². The van der Waals surface area contributed by atoms with Gasteiger partial charge in [0.25, 0.3) is 5.56 Å². The minimum absolute atomic E-state index is 0.00590. The van der Waals surface area contributed by atoms with Crippen molar-refractivity contribution in [2.45, 2.75) is 32.5 Å². The molecule has 16 heteroatoms. The maximum atomic E-state index is 14.0. The van der Waals surface area contributed by atoms with Crippen LogP contribution >= 0.6 is 11.6 Å². The highest BCUT2D eigenvalue weighted by Crippen LogP contribution is 2.34. The first-order chi connectivity index (χ1) is 21.0. The quantitative estimate of drug-likeness (QED) is 0.400. The third-order valence-electron chi connectivity index (χ3n) is 7.50. The van der Waals surface area contributed by atoms with Gasteiger partial charge < -0.3 is 29.2 Å². The van der Waals surface area contributed by atoms with Gasteiger partial charge in [-0.1, -0.05) is 24.6 Å². The zero-order chi connectivity index (χ0) is 31.6. The number of nitrogens with one attached hydrogen (secondary N) is 1. The maximum absolute atomic E-state index is 14.0. The van der Waals surface area contributed by atoms with Crippen LogP contribution in [0.15, 0.2) is 29.1 Å². The third-order valence-corrected chi connectivity index (χ3v) is 7.81. The Morgan fingerprint density at radius 2 is 1.93 bits per heavy atom. The van der Waals surface area contributed by atoms with Crippen molar-refractivity contribution in [2.24, 2.45) is 0 Å². The fraction of sp³-hybridized carbons (Fsp3) is 0.464. The van der Waals surface area contributed by atoms with E-state index in [1.807, 2.05) is 17.9 Å². The SMILES string of the molecule is CCc1c(N2CCN(C(=O)COC)CC2)c(=O)n2nc(C3=CCOCC3)nc2n1CC(=O)Nc1ccc(C(F)(F)F)cc1Cl. The summed E-state index contributed by atoms with van der Waals surface area (Å²) in [5, 5.41) is 6.82. The molecule has 4 heterocycles. The molecule has 2 aliphatic rings. The number of piperazine rings is 1. The number of halogens is 4. The number of anilines is 2. The largest absolute Gasteiger partial charge is 0.416 e. The van der Waals surface area contributed by atoms with Gasteiger partial charge in [0.1, 0.15) is 18.8 Å². The second-order valence-electron chi connectivity index (χ2n) is 10.3. The van der Waals surface area contributed by atoms with Crippen LogP contribution in [0.2, 0.25) is 5.02 Å². The summed E-state index contributed by atoms with van der Waals surface area (Å²) in [6.07, 6.45) is -1.86. The molecule has 2 aliphatic heterocycles. The lowest BCUT2D eigenvalue weighted by Gasteiger charge is -2.36. The number of ether oxygens (including phenoxy) is 2. The van der Waals surface area contributed by atoms with Gasteiger partial charge in [-0.05, 0) is 36.6 Å². The summed E-state index contributed by atoms with van der Waals surface area (Å²) < 4.78 is 52.4. The van der Waals surface area contributed by atoms with Gasteiger partial charge in [-0.25, -0.2) is 0 Å². The molecule has 0 aliphatic carbocycles. The van der Waals surface area contributed by atoms with Gasteiger partial charge in [0, 0.05) is 33.3 Å². The highest BCUT2D eigenvalue weighted by atomic mass is 35.5. The Hall–Kier alpha value is -3.95. The van der Waals surface area contributed by atoms with Crippen LogP contribution < -0.4 is 15.8 Å². The number of methoxy groups -OCH3 is 1. The molecule has 1 saturated heterocycles. The summed E-state index contributed by atoms with van der Waals surface area (Å²) >= 11 is 6.08. The first kappa shape index (κ1) is 31.5. The summed E-state index contributed by atoms with van der Waals surface area (Å²) in [5.41, 5.74) is 0.304. The molecule has 2 aromatic heterocycles. The topological polar surface area (TPSA) is 123 Å². The van der Waals surface area contributed by atoms with E-state index in [4.69, 9.17) is 21.1 Å². The summed E-state index contributed by atoms with van der Waals surface area (Å²) in [6.45, 7) is 3.77. The number of fused-ring (bicyclic) bond motifs is 1. The van der Waals surface area contributed by atoms with E-state index in [9.17, 15) is 27.6 Å². The lowest BCUT2D eigenvalue weighted by atomic mass is 10.1. The van der Waals surface area contributed by atoms with Crippen molar-refractivity contribution in [3.8, 4) is 0 Å². The number of hydrogen-bond acceptors (Lipinski definition) is 8. The summed E-state index contributed by atoms with van der Waals surface area (Å²) in [5.74, 6) is -0.275. The molecule has 1 N–H and O–H groups in total. The summed E-state index contributed by atoms with van der Waals surface area (Å²) in [4.78, 5) is 47.8. The van der Waals surface area contributed by atoms with E-state index in [1.54, 1.807) is 9.47 Å². The minimum atomic E-state index is -4.59. The molecule has 0 saturated carbocycles. The van der Waals surface area contributed by atoms with Crippen LogP contribution in [0, 0.1) is 0 Å². The monoisotopic (exact) mass is 637 g/mol. The number of amides is 2. The van der Waals surface area contributed by atoms with E-state index in [0.717, 1.165) is 23.8 Å². The predicted molar refractivity (Wildman–Crippen MR) is 156 cm³/mol. The number of nitrogens with zero attached hydrogens (tertiary/aromatic N) is 6. The molecule has 0 unspecified atom stereocenters. The third kappa shape index (κ3) is 6.44. The van der Waals surface area contributed by atoms with Crippen molar-refractivity contribution in [2.75, 3.05) is 63.3 Å². The molecule has 2 amide bonds. The molecule has 0 bridgehead atoms. The molecule has 0 atom stereocenters. The Labute approximate surface area is 255 Å². The number of hydrogen-bond donors (Lipinski definition) is 1. The molecule has 0 spiro atoms. The molecular weight excluding hydrogens is 607 g/mol. The van der Waals surface area contributed by atoms with E-state index in [-0.39, 0.29) is 35.5 Å². The number of aromatic nitrogens is 4. The van der Waals surface area contributed by atoms with Crippen molar-refractivity contribution in [1.29, 1.82) is 0 Å². The van der Waals surface area contributed by atoms with E-state index in [0.29, 0.717) is 69.4 Å². The average molecular weight is 638 g/mol. The van der Waals surface area contributed by atoms with Gasteiger partial charge >= 0.3 is 6.18 Å². The first-order valence-electron chi connectivity index (χ1n) is 14.0. The van der Waals surface area contributed by atoms with Crippen molar-refractivity contribution in [3.05, 3.63) is 56.7 Å². The van der Waals surface area contributed by atoms with Crippen LogP contribution in [0.5, 0.6) is 0 Å². The standard InChI is InChI=1S/C28H31ClF3N7O5/c1-3-21-24(37-10-8-36(9-11-37)23(41)16-43-2)26(42)39-27(34-25(35-39)17-6-12-44-13-7-17)38(21)15-22(40)33-20-5-4-18(14-19(20)29)28(30,31)32/h4-6,14H,3,7-13,15-16H2,1-2H3,(H,33,40). The Morgan fingerprint density at radius 3 is 2.55 bits per heavy atom. The van der Waals surface area contributed by atoms with Gasteiger partial charge in [0.15, 0.2) is 5.82 Å². The fourth-order valence-corrected chi connectivity index (χ4v) is 5.54. The molecule has 236 valence electrons. The Bertz CT molecular complexity index is 1660. The van der Waals surface area contributed by atoms with Crippen molar-refractivity contribution < 1.29 is 32.2 Å². The molecule has 12 nitrogen and oxygen atoms in total. The second-order valence-corrected chi connectivity index (χ2v) is 10.7. The van der Waals surface area contributed by atoms with Crippen molar-refractivity contribution >= 4 is 46.1 Å². The van der Waals surface area contributed by atoms with Gasteiger partial charge in [-0.2, -0.15) is 22.7 Å². The van der Waals surface area contributed by atoms with Gasteiger partial charge in [0.05, 0.1) is 35.2 Å². The van der Waals surface area contributed by atoms with E-state index >= 15 is 0 Å². The molecule has 5 rings (SSSR count). The smallest absolute Gasteiger partial charge is 0.377 e. The Kier molecular flexibility index (Phi) is 9.27. The Balaban J connectivity index is 1.53. The van der Waals surface area contributed by atoms with Crippen LogP contribution in [-0.4, -0.2) is 89.0 Å². The normalized spacial score (nSPS) is 15.9. The van der Waals surface area contributed by atoms with Crippen LogP contribution in [0.1, 0.15) is 30.4 Å². The predicted octanol–water partition coefficient (Wildman–Crippen LogP) is 2.86. The summed E-state index contributed by atoms with van der Waals surface area (Å²) in [6, 6.07) is 2.67. The van der Waals surface area contributed by atoms with Crippen LogP contribution in [0.25, 0.3) is 11.4 Å². The van der Waals surface area contributed by atoms with E-state index in [1.165, 1.54) is 11.6 Å². The molecular formula is C28H31ClF3N7O5. The molecule has 0 radical (unpaired) electrons. The number of carbonyl (C=O) groups is 2. The van der Waals surface area contributed by atoms with E-state index < -0.39 is 23.2 Å². The summed E-state index contributed by atoms with van der Waals surface area (Å²) in [7, 11) is 1.45. The minimum Gasteiger partial charge on any atom is -0.377 e. The van der Waals surface area contributed by atoms with Gasteiger partial charge in [0.2, 0.25) is 17.6 Å². The average Bonchev–Trinajstić information content (AvgIpc) is 3.46. The zero-order valence-electron chi connectivity index (χ0n) is 24.1.